The molecule has 1 saturated heterocycles. The summed E-state index contributed by atoms with van der Waals surface area (Å²) in [7, 11) is -3.62. The maximum Gasteiger partial charge on any atom is 0.409 e. The molecule has 3 rings (SSSR count). The molecule has 8 nitrogen and oxygen atoms in total. The predicted molar refractivity (Wildman–Crippen MR) is 117 cm³/mol. The average molecular weight is 448 g/mol. The van der Waals surface area contributed by atoms with Crippen LogP contribution < -0.4 is 4.72 Å². The number of piperazine rings is 1. The van der Waals surface area contributed by atoms with Gasteiger partial charge >= 0.3 is 6.09 Å². The molecule has 168 valence electrons. The molecule has 1 amide bonds. The van der Waals surface area contributed by atoms with Crippen LogP contribution in [0.3, 0.4) is 0 Å². The standard InChI is InChI=1S/C22H29N3O5S/c1-2-30-22(26)24-12-14-25(15-13-24)31(27,28)23-16-19-8-10-21(11-9-19)18-29-17-20-6-4-3-5-7-20/h3-11,23H,2,12-18H2,1H3. The second kappa shape index (κ2) is 11.2. The first kappa shape index (κ1) is 23.2. The fourth-order valence-corrected chi connectivity index (χ4v) is 4.38. The van der Waals surface area contributed by atoms with E-state index >= 15 is 0 Å². The quantitative estimate of drug-likeness (QED) is 0.638. The normalized spacial score (nSPS) is 15.1. The van der Waals surface area contributed by atoms with Gasteiger partial charge < -0.3 is 14.4 Å². The summed E-state index contributed by atoms with van der Waals surface area (Å²) in [5.41, 5.74) is 3.01. The number of benzene rings is 2. The summed E-state index contributed by atoms with van der Waals surface area (Å²) in [6, 6.07) is 17.6. The molecule has 0 aromatic heterocycles. The zero-order chi connectivity index (χ0) is 22.1. The number of carbonyl (C=O) groups excluding carboxylic acids is 1. The molecule has 0 bridgehead atoms. The molecule has 1 aliphatic heterocycles. The molecule has 0 saturated carbocycles. The second-order valence-corrected chi connectivity index (χ2v) is 8.96. The molecule has 0 spiro atoms. The van der Waals surface area contributed by atoms with Crippen LogP contribution in [0, 0.1) is 0 Å². The molecule has 2 aromatic rings. The summed E-state index contributed by atoms with van der Waals surface area (Å²) < 4.78 is 39.8. The third-order valence-electron chi connectivity index (χ3n) is 4.97. The van der Waals surface area contributed by atoms with E-state index in [2.05, 4.69) is 4.72 Å². The highest BCUT2D eigenvalue weighted by Gasteiger charge is 2.29. The van der Waals surface area contributed by atoms with E-state index in [9.17, 15) is 13.2 Å². The molecular weight excluding hydrogens is 418 g/mol. The second-order valence-electron chi connectivity index (χ2n) is 7.21. The summed E-state index contributed by atoms with van der Waals surface area (Å²) in [5, 5.41) is 0. The Bertz CT molecular complexity index is 927. The third kappa shape index (κ3) is 7.03. The van der Waals surface area contributed by atoms with Crippen LogP contribution in [0.5, 0.6) is 0 Å². The fraction of sp³-hybridized carbons (Fsp3) is 0.409. The largest absolute Gasteiger partial charge is 0.450 e. The molecular formula is C22H29N3O5S. The van der Waals surface area contributed by atoms with Crippen molar-refractivity contribution in [3.05, 3.63) is 71.3 Å². The van der Waals surface area contributed by atoms with Crippen molar-refractivity contribution in [2.24, 2.45) is 0 Å². The van der Waals surface area contributed by atoms with E-state index in [-0.39, 0.29) is 19.6 Å². The first-order valence-corrected chi connectivity index (χ1v) is 11.8. The van der Waals surface area contributed by atoms with Gasteiger partial charge in [0.05, 0.1) is 19.8 Å². The Balaban J connectivity index is 1.42. The highest BCUT2D eigenvalue weighted by Crippen LogP contribution is 2.11. The van der Waals surface area contributed by atoms with Gasteiger partial charge in [0.1, 0.15) is 0 Å². The van der Waals surface area contributed by atoms with Gasteiger partial charge in [-0.2, -0.15) is 17.4 Å². The predicted octanol–water partition coefficient (Wildman–Crippen LogP) is 2.51. The van der Waals surface area contributed by atoms with Crippen LogP contribution in [0.4, 0.5) is 4.79 Å². The zero-order valence-corrected chi connectivity index (χ0v) is 18.5. The molecule has 0 aliphatic carbocycles. The van der Waals surface area contributed by atoms with Crippen LogP contribution in [0.25, 0.3) is 0 Å². The van der Waals surface area contributed by atoms with Gasteiger partial charge in [0.25, 0.3) is 10.2 Å². The molecule has 1 heterocycles. The Morgan fingerprint density at radius 3 is 2.10 bits per heavy atom. The van der Waals surface area contributed by atoms with Crippen molar-refractivity contribution < 1.29 is 22.7 Å². The highest BCUT2D eigenvalue weighted by molar-refractivity contribution is 7.87. The van der Waals surface area contributed by atoms with Gasteiger partial charge in [-0.1, -0.05) is 54.6 Å². The maximum atomic E-state index is 12.6. The van der Waals surface area contributed by atoms with Gasteiger partial charge in [-0.05, 0) is 23.6 Å². The molecule has 1 N–H and O–H groups in total. The number of hydrogen-bond acceptors (Lipinski definition) is 5. The van der Waals surface area contributed by atoms with Crippen LogP contribution in [-0.2, 0) is 39.4 Å². The number of amides is 1. The Kier molecular flexibility index (Phi) is 8.42. The number of nitrogens with zero attached hydrogens (tertiary/aromatic N) is 2. The van der Waals surface area contributed by atoms with E-state index in [0.29, 0.717) is 32.9 Å². The molecule has 0 unspecified atom stereocenters. The topological polar surface area (TPSA) is 88.2 Å². The van der Waals surface area contributed by atoms with Gasteiger partial charge in [0, 0.05) is 32.7 Å². The summed E-state index contributed by atoms with van der Waals surface area (Å²) in [6.07, 6.45) is -0.402. The van der Waals surface area contributed by atoms with E-state index in [1.807, 2.05) is 54.6 Å². The van der Waals surface area contributed by atoms with Crippen LogP contribution in [0.2, 0.25) is 0 Å². The maximum absolute atomic E-state index is 12.6. The van der Waals surface area contributed by atoms with Gasteiger partial charge in [-0.3, -0.25) is 0 Å². The van der Waals surface area contributed by atoms with Crippen LogP contribution in [0.1, 0.15) is 23.6 Å². The minimum Gasteiger partial charge on any atom is -0.450 e. The van der Waals surface area contributed by atoms with Crippen LogP contribution in [-0.4, -0.2) is 56.5 Å². The van der Waals surface area contributed by atoms with E-state index < -0.39 is 16.3 Å². The van der Waals surface area contributed by atoms with Crippen molar-refractivity contribution in [1.29, 1.82) is 0 Å². The van der Waals surface area contributed by atoms with Gasteiger partial charge in [-0.15, -0.1) is 0 Å². The lowest BCUT2D eigenvalue weighted by atomic mass is 10.1. The van der Waals surface area contributed by atoms with Crippen molar-refractivity contribution in [3.63, 3.8) is 0 Å². The van der Waals surface area contributed by atoms with Gasteiger partial charge in [0.15, 0.2) is 0 Å². The number of nitrogens with one attached hydrogen (secondary N) is 1. The Morgan fingerprint density at radius 1 is 0.903 bits per heavy atom. The van der Waals surface area contributed by atoms with Gasteiger partial charge in [-0.25, -0.2) is 4.79 Å². The van der Waals surface area contributed by atoms with Gasteiger partial charge in [0.2, 0.25) is 0 Å². The molecule has 9 heteroatoms. The SMILES string of the molecule is CCOC(=O)N1CCN(S(=O)(=O)NCc2ccc(COCc3ccccc3)cc2)CC1. The highest BCUT2D eigenvalue weighted by atomic mass is 32.2. The fourth-order valence-electron chi connectivity index (χ4n) is 3.21. The van der Waals surface area contributed by atoms with Crippen molar-refractivity contribution in [1.82, 2.24) is 13.9 Å². The first-order valence-electron chi connectivity index (χ1n) is 10.3. The molecule has 1 aliphatic rings. The van der Waals surface area contributed by atoms with E-state index in [1.165, 1.54) is 9.21 Å². The smallest absolute Gasteiger partial charge is 0.409 e. The van der Waals surface area contributed by atoms with E-state index in [0.717, 1.165) is 16.7 Å². The van der Waals surface area contributed by atoms with Crippen molar-refractivity contribution in [3.8, 4) is 0 Å². The van der Waals surface area contributed by atoms with Crippen LogP contribution in [0.15, 0.2) is 54.6 Å². The number of rotatable bonds is 9. The summed E-state index contributed by atoms with van der Waals surface area (Å²) in [5.74, 6) is 0. The third-order valence-corrected chi connectivity index (χ3v) is 6.52. The minimum absolute atomic E-state index is 0.200. The minimum atomic E-state index is -3.62. The monoisotopic (exact) mass is 447 g/mol. The van der Waals surface area contributed by atoms with E-state index in [4.69, 9.17) is 9.47 Å². The lowest BCUT2D eigenvalue weighted by molar-refractivity contribution is 0.0932. The molecule has 2 aromatic carbocycles. The zero-order valence-electron chi connectivity index (χ0n) is 17.7. The lowest BCUT2D eigenvalue weighted by Crippen LogP contribution is -2.53. The molecule has 0 radical (unpaired) electrons. The van der Waals surface area contributed by atoms with Crippen molar-refractivity contribution in [2.45, 2.75) is 26.7 Å². The molecule has 31 heavy (non-hydrogen) atoms. The lowest BCUT2D eigenvalue weighted by Gasteiger charge is -2.33. The summed E-state index contributed by atoms with van der Waals surface area (Å²) in [4.78, 5) is 13.3. The molecule has 1 fully saturated rings. The molecule has 0 atom stereocenters. The first-order chi connectivity index (χ1) is 15.0. The number of carbonyl (C=O) groups is 1. The summed E-state index contributed by atoms with van der Waals surface area (Å²) >= 11 is 0. The van der Waals surface area contributed by atoms with Crippen LogP contribution >= 0.6 is 0 Å². The number of hydrogen-bond donors (Lipinski definition) is 1. The Morgan fingerprint density at radius 2 is 1.48 bits per heavy atom. The summed E-state index contributed by atoms with van der Waals surface area (Å²) in [6.45, 7) is 4.40. The number of ether oxygens (including phenoxy) is 2. The Labute approximate surface area is 183 Å². The van der Waals surface area contributed by atoms with Crippen molar-refractivity contribution in [2.75, 3.05) is 32.8 Å². The van der Waals surface area contributed by atoms with E-state index in [1.54, 1.807) is 6.92 Å². The van der Waals surface area contributed by atoms with Crippen molar-refractivity contribution >= 4 is 16.3 Å². The Hall–Kier alpha value is -2.46. The average Bonchev–Trinajstić information content (AvgIpc) is 2.79.